The molecule has 0 saturated heterocycles. The van der Waals surface area contributed by atoms with Crippen LogP contribution in [0.1, 0.15) is 16.7 Å². The molecule has 37 heavy (non-hydrogen) atoms. The smallest absolute Gasteiger partial charge is 0.258 e. The maximum Gasteiger partial charge on any atom is 0.258 e. The van der Waals surface area contributed by atoms with E-state index in [-0.39, 0.29) is 5.56 Å². The van der Waals surface area contributed by atoms with E-state index in [9.17, 15) is 4.79 Å². The molecule has 186 valence electrons. The first-order valence-corrected chi connectivity index (χ1v) is 13.2. The van der Waals surface area contributed by atoms with Gasteiger partial charge in [-0.05, 0) is 73.0 Å². The minimum atomic E-state index is -0.450. The van der Waals surface area contributed by atoms with Crippen LogP contribution in [0.2, 0.25) is 5.02 Å². The molecule has 0 bridgehead atoms. The minimum Gasteiger partial charge on any atom is -0.495 e. The normalized spacial score (nSPS) is 11.2. The van der Waals surface area contributed by atoms with Crippen molar-refractivity contribution in [3.05, 3.63) is 123 Å². The summed E-state index contributed by atoms with van der Waals surface area (Å²) in [7, 11) is 1.52. The predicted octanol–water partition coefficient (Wildman–Crippen LogP) is 8.37. The van der Waals surface area contributed by atoms with Gasteiger partial charge in [-0.1, -0.05) is 48.0 Å². The molecule has 0 aliphatic rings. The van der Waals surface area contributed by atoms with Crippen molar-refractivity contribution in [3.8, 4) is 22.6 Å². The molecule has 0 aliphatic heterocycles. The fourth-order valence-electron chi connectivity index (χ4n) is 4.42. The number of aromatic nitrogens is 1. The lowest BCUT2D eigenvalue weighted by Gasteiger charge is -2.17. The third-order valence-corrected chi connectivity index (χ3v) is 7.87. The molecule has 0 aliphatic carbocycles. The van der Waals surface area contributed by atoms with Crippen LogP contribution < -0.4 is 10.3 Å². The molecule has 4 aromatic carbocycles. The van der Waals surface area contributed by atoms with E-state index in [1.165, 1.54) is 23.3 Å². The van der Waals surface area contributed by atoms with Gasteiger partial charge in [-0.3, -0.25) is 9.36 Å². The number of nitrogens with zero attached hydrogens (tertiary/aromatic N) is 1. The van der Waals surface area contributed by atoms with Crippen molar-refractivity contribution >= 4 is 34.3 Å². The highest BCUT2D eigenvalue weighted by Crippen LogP contribution is 2.35. The van der Waals surface area contributed by atoms with E-state index in [2.05, 4.69) is 18.2 Å². The molecule has 0 amide bonds. The summed E-state index contributed by atoms with van der Waals surface area (Å²) in [5.41, 5.74) is 4.55. The van der Waals surface area contributed by atoms with Crippen molar-refractivity contribution in [2.45, 2.75) is 24.5 Å². The van der Waals surface area contributed by atoms with Crippen LogP contribution in [-0.4, -0.2) is 11.7 Å². The number of hydrogen-bond acceptors (Lipinski definition) is 3. The van der Waals surface area contributed by atoms with E-state index in [1.807, 2.05) is 49.4 Å². The molecular weight excluding hydrogens is 505 g/mol. The van der Waals surface area contributed by atoms with Gasteiger partial charge >= 0.3 is 0 Å². The van der Waals surface area contributed by atoms with E-state index in [4.69, 9.17) is 16.3 Å². The average Bonchev–Trinajstić information content (AvgIpc) is 2.90. The van der Waals surface area contributed by atoms with Gasteiger partial charge in [-0.15, -0.1) is 11.8 Å². The van der Waals surface area contributed by atoms with Gasteiger partial charge in [0.05, 0.1) is 18.3 Å². The largest absolute Gasteiger partial charge is 0.495 e. The highest BCUT2D eigenvalue weighted by atomic mass is 35.5. The van der Waals surface area contributed by atoms with Crippen LogP contribution in [0.5, 0.6) is 5.75 Å². The maximum atomic E-state index is 15.5. The van der Waals surface area contributed by atoms with Crippen molar-refractivity contribution in [3.63, 3.8) is 0 Å². The molecule has 5 aromatic rings. The molecule has 3 nitrogen and oxygen atoms in total. The Hall–Kier alpha value is -3.54. The van der Waals surface area contributed by atoms with Crippen molar-refractivity contribution in [1.82, 2.24) is 4.57 Å². The summed E-state index contributed by atoms with van der Waals surface area (Å²) < 4.78 is 22.7. The summed E-state index contributed by atoms with van der Waals surface area (Å²) in [4.78, 5) is 14.5. The maximum absolute atomic E-state index is 15.5. The molecule has 1 aromatic heterocycles. The number of fused-ring (bicyclic) bond motifs is 1. The number of benzene rings is 4. The zero-order valence-electron chi connectivity index (χ0n) is 20.7. The zero-order chi connectivity index (χ0) is 26.1. The third-order valence-electron chi connectivity index (χ3n) is 6.38. The summed E-state index contributed by atoms with van der Waals surface area (Å²) in [5.74, 6) is 0.796. The molecule has 0 unspecified atom stereocenters. The number of aryl methyl sites for hydroxylation is 2. The van der Waals surface area contributed by atoms with Gasteiger partial charge in [0.2, 0.25) is 0 Å². The van der Waals surface area contributed by atoms with Gasteiger partial charge in [-0.2, -0.15) is 0 Å². The first kappa shape index (κ1) is 25.1. The van der Waals surface area contributed by atoms with E-state index < -0.39 is 5.82 Å². The van der Waals surface area contributed by atoms with E-state index in [0.29, 0.717) is 38.7 Å². The van der Waals surface area contributed by atoms with Crippen molar-refractivity contribution in [2.75, 3.05) is 7.11 Å². The number of hydrogen-bond donors (Lipinski definition) is 0. The average molecular weight is 530 g/mol. The highest BCUT2D eigenvalue weighted by molar-refractivity contribution is 7.98. The number of ether oxygens (including phenoxy) is 1. The standard InChI is InChI=1S/C31H25ClFNO2S/c1-19-13-22(9-11-26(19)32)25-16-30(36-3)29(17-27(25)33)34-28-12-10-24(15-23(28)14-20(2)31(34)35)37-18-21-7-5-4-6-8-21/h4-17H,18H2,1-3H3. The topological polar surface area (TPSA) is 31.2 Å². The summed E-state index contributed by atoms with van der Waals surface area (Å²) >= 11 is 7.89. The van der Waals surface area contributed by atoms with Gasteiger partial charge < -0.3 is 4.74 Å². The molecule has 0 radical (unpaired) electrons. The van der Waals surface area contributed by atoms with E-state index >= 15 is 4.39 Å². The Bertz CT molecular complexity index is 1680. The number of thioether (sulfide) groups is 1. The van der Waals surface area contributed by atoms with Crippen LogP contribution in [0.15, 0.2) is 94.6 Å². The molecule has 6 heteroatoms. The lowest BCUT2D eigenvalue weighted by atomic mass is 10.0. The lowest BCUT2D eigenvalue weighted by molar-refractivity contribution is 0.412. The van der Waals surface area contributed by atoms with Crippen LogP contribution in [0.25, 0.3) is 27.7 Å². The second kappa shape index (κ2) is 10.4. The molecule has 1 heterocycles. The molecule has 0 fully saturated rings. The summed E-state index contributed by atoms with van der Waals surface area (Å²) in [6.07, 6.45) is 0. The molecule has 0 saturated carbocycles. The van der Waals surface area contributed by atoms with Crippen LogP contribution in [-0.2, 0) is 5.75 Å². The molecule has 5 rings (SSSR count). The van der Waals surface area contributed by atoms with E-state index in [1.54, 1.807) is 36.9 Å². The summed E-state index contributed by atoms with van der Waals surface area (Å²) in [5, 5.41) is 1.52. The van der Waals surface area contributed by atoms with Crippen LogP contribution in [0, 0.1) is 19.7 Å². The number of methoxy groups -OCH3 is 1. The van der Waals surface area contributed by atoms with E-state index in [0.717, 1.165) is 21.6 Å². The second-order valence-corrected chi connectivity index (χ2v) is 10.4. The second-order valence-electron chi connectivity index (χ2n) is 8.93. The van der Waals surface area contributed by atoms with Gasteiger partial charge in [0.25, 0.3) is 5.56 Å². The monoisotopic (exact) mass is 529 g/mol. The zero-order valence-corrected chi connectivity index (χ0v) is 22.3. The van der Waals surface area contributed by atoms with Gasteiger partial charge in [0.15, 0.2) is 0 Å². The predicted molar refractivity (Wildman–Crippen MR) is 152 cm³/mol. The van der Waals surface area contributed by atoms with Crippen molar-refractivity contribution in [2.24, 2.45) is 0 Å². The third kappa shape index (κ3) is 5.02. The van der Waals surface area contributed by atoms with Crippen LogP contribution in [0.4, 0.5) is 4.39 Å². The highest BCUT2D eigenvalue weighted by Gasteiger charge is 2.18. The van der Waals surface area contributed by atoms with Crippen molar-refractivity contribution in [1.29, 1.82) is 0 Å². The van der Waals surface area contributed by atoms with Crippen LogP contribution in [0.3, 0.4) is 0 Å². The molecular formula is C31H25ClFNO2S. The Kier molecular flexibility index (Phi) is 7.09. The lowest BCUT2D eigenvalue weighted by Crippen LogP contribution is -2.21. The molecule has 0 N–H and O–H groups in total. The van der Waals surface area contributed by atoms with Crippen molar-refractivity contribution < 1.29 is 9.13 Å². The fraction of sp³-hybridized carbons (Fsp3) is 0.129. The molecule has 0 atom stereocenters. The van der Waals surface area contributed by atoms with Gasteiger partial charge in [0, 0.05) is 38.3 Å². The SMILES string of the molecule is COc1cc(-c2ccc(Cl)c(C)c2)c(F)cc1-n1c(=O)c(C)cc2cc(SCc3ccccc3)ccc21. The fourth-order valence-corrected chi connectivity index (χ4v) is 5.43. The number of halogens is 2. The Morgan fingerprint density at radius 2 is 1.70 bits per heavy atom. The van der Waals surface area contributed by atoms with Gasteiger partial charge in [0.1, 0.15) is 11.6 Å². The Balaban J connectivity index is 1.61. The first-order valence-electron chi connectivity index (χ1n) is 11.8. The summed E-state index contributed by atoms with van der Waals surface area (Å²) in [6, 6.07) is 26.5. The number of rotatable bonds is 6. The number of pyridine rings is 1. The Morgan fingerprint density at radius 1 is 0.919 bits per heavy atom. The first-order chi connectivity index (χ1) is 17.9. The van der Waals surface area contributed by atoms with Gasteiger partial charge in [-0.25, -0.2) is 4.39 Å². The Labute approximate surface area is 224 Å². The van der Waals surface area contributed by atoms with Crippen LogP contribution >= 0.6 is 23.4 Å². The minimum absolute atomic E-state index is 0.218. The molecule has 0 spiro atoms. The summed E-state index contributed by atoms with van der Waals surface area (Å²) in [6.45, 7) is 3.65. The quantitative estimate of drug-likeness (QED) is 0.207. The Morgan fingerprint density at radius 3 is 2.43 bits per heavy atom.